The highest BCUT2D eigenvalue weighted by Gasteiger charge is 2.56. The zero-order valence-corrected chi connectivity index (χ0v) is 21.0. The molecule has 2 aromatic rings. The van der Waals surface area contributed by atoms with Crippen LogP contribution < -0.4 is 15.5 Å². The minimum absolute atomic E-state index is 0.105. The molecule has 15 heteroatoms. The van der Waals surface area contributed by atoms with Gasteiger partial charge in [-0.05, 0) is 36.8 Å². The van der Waals surface area contributed by atoms with E-state index in [2.05, 4.69) is 15.4 Å². The molecule has 202 valence electrons. The van der Waals surface area contributed by atoms with Crippen LogP contribution in [0.4, 0.5) is 39.0 Å². The van der Waals surface area contributed by atoms with Crippen molar-refractivity contribution in [2.75, 3.05) is 28.7 Å². The Labute approximate surface area is 227 Å². The average molecular weight is 599 g/mol. The molecule has 3 rings (SSSR count). The molecule has 1 fully saturated rings. The van der Waals surface area contributed by atoms with E-state index in [1.54, 1.807) is 0 Å². The molecule has 2 N–H and O–H groups in total. The monoisotopic (exact) mass is 597 g/mol. The Bertz CT molecular complexity index is 1330. The van der Waals surface area contributed by atoms with Crippen molar-refractivity contribution in [3.8, 4) is 12.3 Å². The number of alkyl halides is 5. The molecule has 7 nitrogen and oxygen atoms in total. The van der Waals surface area contributed by atoms with Gasteiger partial charge in [0.15, 0.2) is 5.82 Å². The number of hydrogen-bond donors (Lipinski definition) is 2. The van der Waals surface area contributed by atoms with Crippen LogP contribution in [-0.2, 0) is 14.3 Å². The number of rotatable bonds is 8. The zero-order chi connectivity index (χ0) is 28.4. The summed E-state index contributed by atoms with van der Waals surface area (Å²) in [6.07, 6.45) is 0.149. The quantitative estimate of drug-likeness (QED) is 0.239. The number of carbonyl (C=O) groups is 3. The predicted octanol–water partition coefficient (Wildman–Crippen LogP) is 5.51. The summed E-state index contributed by atoms with van der Waals surface area (Å²) in [5.74, 6) is -4.63. The van der Waals surface area contributed by atoms with Crippen molar-refractivity contribution in [2.45, 2.75) is 17.1 Å². The molecule has 3 amide bonds. The number of anilines is 3. The summed E-state index contributed by atoms with van der Waals surface area (Å²) < 4.78 is 69.0. The number of ether oxygens (including phenoxy) is 1. The molecule has 1 saturated carbocycles. The maximum absolute atomic E-state index is 15.2. The van der Waals surface area contributed by atoms with Gasteiger partial charge in [-0.15, -0.1) is 42.8 Å². The van der Waals surface area contributed by atoms with Crippen molar-refractivity contribution >= 4 is 69.6 Å². The van der Waals surface area contributed by atoms with Crippen LogP contribution in [0.5, 0.6) is 0 Å². The van der Waals surface area contributed by atoms with Crippen LogP contribution in [0.3, 0.4) is 0 Å². The van der Waals surface area contributed by atoms with E-state index in [0.29, 0.717) is 6.07 Å². The van der Waals surface area contributed by atoms with E-state index in [0.717, 1.165) is 6.07 Å². The average Bonchev–Trinajstić information content (AvgIpc) is 3.47. The van der Waals surface area contributed by atoms with Crippen LogP contribution in [0.15, 0.2) is 30.3 Å². The Morgan fingerprint density at radius 2 is 1.82 bits per heavy atom. The number of halogens is 8. The molecule has 1 atom stereocenters. The van der Waals surface area contributed by atoms with E-state index in [9.17, 15) is 31.9 Å². The van der Waals surface area contributed by atoms with Crippen molar-refractivity contribution in [3.63, 3.8) is 0 Å². The van der Waals surface area contributed by atoms with E-state index in [1.807, 2.05) is 5.92 Å². The molecule has 1 unspecified atom stereocenters. The fourth-order valence-electron chi connectivity index (χ4n) is 3.18. The van der Waals surface area contributed by atoms with E-state index in [4.69, 9.17) is 41.2 Å². The fraction of sp³-hybridized carbons (Fsp3) is 0.261. The van der Waals surface area contributed by atoms with Crippen molar-refractivity contribution < 1.29 is 41.1 Å². The minimum atomic E-state index is -5.19. The standard InChI is InChI=1S/C23H15Cl3F5N3O4/c1-2-7-34(17(35)10-38-23(29,30)31)19-15(27)5-6-16(18(19)28)33-20(36)12-8-11(3-4-14(12)24)32-21(37)13-9-22(13,25)26/h1,3-6,8,13H,7,9-10H2,(H,32,37)(H,33,36). The molecule has 0 aromatic heterocycles. The second kappa shape index (κ2) is 11.3. The topological polar surface area (TPSA) is 87.7 Å². The molecule has 0 spiro atoms. The lowest BCUT2D eigenvalue weighted by atomic mass is 10.1. The van der Waals surface area contributed by atoms with Crippen LogP contribution >= 0.6 is 34.8 Å². The Morgan fingerprint density at radius 3 is 2.39 bits per heavy atom. The van der Waals surface area contributed by atoms with Crippen molar-refractivity contribution in [2.24, 2.45) is 5.92 Å². The van der Waals surface area contributed by atoms with Crippen LogP contribution in [0, 0.1) is 29.9 Å². The third kappa shape index (κ3) is 7.05. The van der Waals surface area contributed by atoms with Crippen LogP contribution in [0.2, 0.25) is 5.02 Å². The summed E-state index contributed by atoms with van der Waals surface area (Å²) >= 11 is 17.8. The van der Waals surface area contributed by atoms with Gasteiger partial charge in [-0.2, -0.15) is 0 Å². The van der Waals surface area contributed by atoms with Gasteiger partial charge in [0.25, 0.3) is 11.8 Å². The number of carbonyl (C=O) groups excluding carboxylic acids is 3. The molecular weight excluding hydrogens is 584 g/mol. The summed E-state index contributed by atoms with van der Waals surface area (Å²) in [7, 11) is 0. The van der Waals surface area contributed by atoms with Crippen LogP contribution in [-0.4, -0.2) is 41.6 Å². The number of nitrogens with one attached hydrogen (secondary N) is 2. The Kier molecular flexibility index (Phi) is 8.78. The van der Waals surface area contributed by atoms with Gasteiger partial charge in [-0.25, -0.2) is 8.78 Å². The third-order valence-electron chi connectivity index (χ3n) is 5.12. The van der Waals surface area contributed by atoms with Gasteiger partial charge in [0, 0.05) is 5.69 Å². The lowest BCUT2D eigenvalue weighted by Gasteiger charge is -2.23. The molecule has 0 bridgehead atoms. The van der Waals surface area contributed by atoms with E-state index >= 15 is 4.39 Å². The molecule has 38 heavy (non-hydrogen) atoms. The molecule has 0 heterocycles. The summed E-state index contributed by atoms with van der Waals surface area (Å²) in [5, 5.41) is 4.54. The highest BCUT2D eigenvalue weighted by molar-refractivity contribution is 6.52. The number of nitrogens with zero attached hydrogens (tertiary/aromatic N) is 1. The first-order valence-corrected chi connectivity index (χ1v) is 11.5. The van der Waals surface area contributed by atoms with Gasteiger partial charge >= 0.3 is 6.36 Å². The van der Waals surface area contributed by atoms with Crippen LogP contribution in [0.25, 0.3) is 0 Å². The van der Waals surface area contributed by atoms with Gasteiger partial charge < -0.3 is 10.6 Å². The van der Waals surface area contributed by atoms with Crippen LogP contribution in [0.1, 0.15) is 16.8 Å². The maximum Gasteiger partial charge on any atom is 0.523 e. The fourth-order valence-corrected chi connectivity index (χ4v) is 3.89. The Balaban J connectivity index is 1.85. The van der Waals surface area contributed by atoms with E-state index in [-0.39, 0.29) is 27.6 Å². The zero-order valence-electron chi connectivity index (χ0n) is 18.8. The maximum atomic E-state index is 15.2. The predicted molar refractivity (Wildman–Crippen MR) is 130 cm³/mol. The van der Waals surface area contributed by atoms with E-state index in [1.165, 1.54) is 18.2 Å². The van der Waals surface area contributed by atoms with Crippen molar-refractivity contribution in [1.29, 1.82) is 0 Å². The van der Waals surface area contributed by atoms with Gasteiger partial charge in [0.05, 0.1) is 28.7 Å². The smallest absolute Gasteiger partial charge is 0.326 e. The van der Waals surface area contributed by atoms with Crippen molar-refractivity contribution in [3.05, 3.63) is 52.6 Å². The molecule has 0 saturated heterocycles. The molecular formula is C23H15Cl3F5N3O4. The molecule has 0 radical (unpaired) electrons. The summed E-state index contributed by atoms with van der Waals surface area (Å²) in [6.45, 7) is -2.42. The highest BCUT2D eigenvalue weighted by atomic mass is 35.5. The summed E-state index contributed by atoms with van der Waals surface area (Å²) in [5.41, 5.74) is -1.87. The largest absolute Gasteiger partial charge is 0.523 e. The molecule has 1 aliphatic carbocycles. The molecule has 0 aliphatic heterocycles. The first-order valence-electron chi connectivity index (χ1n) is 10.4. The summed E-state index contributed by atoms with van der Waals surface area (Å²) in [6, 6.07) is 5.30. The number of hydrogen-bond acceptors (Lipinski definition) is 4. The SMILES string of the molecule is C#CCN(C(=O)COC(F)(F)F)c1c(F)ccc(NC(=O)c2cc(NC(=O)C3CC3(Cl)Cl)ccc2Cl)c1F. The second-order valence-corrected chi connectivity index (χ2v) is 9.78. The van der Waals surface area contributed by atoms with Crippen molar-refractivity contribution in [1.82, 2.24) is 0 Å². The first kappa shape index (κ1) is 29.4. The number of amides is 3. The molecule has 1 aliphatic rings. The minimum Gasteiger partial charge on any atom is -0.326 e. The first-order chi connectivity index (χ1) is 17.6. The van der Waals surface area contributed by atoms with Gasteiger partial charge in [0.2, 0.25) is 5.91 Å². The lowest BCUT2D eigenvalue weighted by Crippen LogP contribution is -2.37. The Hall–Kier alpha value is -3.11. The summed E-state index contributed by atoms with van der Waals surface area (Å²) in [4.78, 5) is 37.5. The second-order valence-electron chi connectivity index (χ2n) is 7.83. The van der Waals surface area contributed by atoms with Gasteiger partial charge in [-0.1, -0.05) is 17.5 Å². The normalized spacial score (nSPS) is 15.8. The van der Waals surface area contributed by atoms with Gasteiger partial charge in [0.1, 0.15) is 22.4 Å². The number of terminal acetylenes is 1. The third-order valence-corrected chi connectivity index (χ3v) is 6.28. The number of benzene rings is 2. The Morgan fingerprint density at radius 1 is 1.16 bits per heavy atom. The molecule has 2 aromatic carbocycles. The van der Waals surface area contributed by atoms with E-state index < -0.39 is 70.5 Å². The highest BCUT2D eigenvalue weighted by Crippen LogP contribution is 2.53. The lowest BCUT2D eigenvalue weighted by molar-refractivity contribution is -0.320. The van der Waals surface area contributed by atoms with Gasteiger partial charge in [-0.3, -0.25) is 24.0 Å².